The number of carbonyl (C=O) groups excluding carboxylic acids is 12. The van der Waals surface area contributed by atoms with Gasteiger partial charge in [0.15, 0.2) is 0 Å². The number of para-hydroxylation sites is 1. The second kappa shape index (κ2) is 36.2. The van der Waals surface area contributed by atoms with Crippen LogP contribution in [-0.4, -0.2) is 167 Å². The van der Waals surface area contributed by atoms with Gasteiger partial charge in [0.25, 0.3) is 0 Å². The summed E-state index contributed by atoms with van der Waals surface area (Å²) in [6.07, 6.45) is 0.580. The van der Waals surface area contributed by atoms with E-state index in [9.17, 15) is 67.4 Å². The number of fused-ring (bicyclic) bond motifs is 1. The maximum Gasteiger partial charge on any atom is 0.303 e. The quantitative estimate of drug-likeness (QED) is 0.0193. The van der Waals surface area contributed by atoms with Gasteiger partial charge >= 0.3 is 5.97 Å². The molecule has 0 saturated carbocycles. The van der Waals surface area contributed by atoms with Crippen molar-refractivity contribution in [3.63, 3.8) is 0 Å². The van der Waals surface area contributed by atoms with Crippen LogP contribution < -0.4 is 76.1 Å². The Kier molecular flexibility index (Phi) is 30.0. The molecule has 1 unspecified atom stereocenters. The number of amides is 12. The van der Waals surface area contributed by atoms with E-state index in [0.717, 1.165) is 10.9 Å². The van der Waals surface area contributed by atoms with Gasteiger partial charge in [0.1, 0.15) is 48.3 Å². The van der Waals surface area contributed by atoms with Gasteiger partial charge in [-0.2, -0.15) is 12.6 Å². The van der Waals surface area contributed by atoms with Crippen LogP contribution in [0.25, 0.3) is 10.9 Å². The van der Waals surface area contributed by atoms with E-state index >= 15 is 0 Å². The number of carboxylic acid groups (broad SMARTS) is 1. The molecule has 1 heterocycles. The van der Waals surface area contributed by atoms with Gasteiger partial charge < -0.3 is 86.2 Å². The van der Waals surface area contributed by atoms with Crippen LogP contribution in [0.4, 0.5) is 0 Å². The van der Waals surface area contributed by atoms with Gasteiger partial charge in [-0.05, 0) is 75.6 Å². The number of primary amides is 2. The van der Waals surface area contributed by atoms with Crippen molar-refractivity contribution < 1.29 is 67.4 Å². The van der Waals surface area contributed by atoms with E-state index in [-0.39, 0.29) is 38.0 Å². The number of nitrogens with two attached hydrogens (primary N) is 4. The average Bonchev–Trinajstić information content (AvgIpc) is 3.45. The lowest BCUT2D eigenvalue weighted by atomic mass is 9.97. The molecule has 0 saturated heterocycles. The van der Waals surface area contributed by atoms with Crippen molar-refractivity contribution in [2.45, 2.75) is 146 Å². The first-order valence-corrected chi connectivity index (χ1v) is 28.3. The molecule has 0 aliphatic heterocycles. The van der Waals surface area contributed by atoms with Gasteiger partial charge in [-0.3, -0.25) is 62.3 Å². The fourth-order valence-corrected chi connectivity index (χ4v) is 8.66. The predicted molar refractivity (Wildman–Crippen MR) is 314 cm³/mol. The maximum atomic E-state index is 14.1. The van der Waals surface area contributed by atoms with Crippen molar-refractivity contribution in [1.82, 2.24) is 58.2 Å². The van der Waals surface area contributed by atoms with E-state index < -0.39 is 176 Å². The summed E-state index contributed by atoms with van der Waals surface area (Å²) in [5.74, 6) is -12.3. The first-order valence-electron chi connectivity index (χ1n) is 27.7. The summed E-state index contributed by atoms with van der Waals surface area (Å²) in [5, 5.41) is 35.1. The standard InChI is InChI=1S/C55H81N15O14S/c1-5-29(2)46(70-44(73)27-61-49(78)31(4)63-43(72)26-62-50(79)40(24-33-25-60-35-16-10-9-15-34(33)35)68-54(83)41(28-85)69-48(77)30(3)57)55(84)66-36(17-11-12-22-56)51(80)64-37(18-20-42(58)71)52(81)65-38(19-21-45(74)75)53(82)67-39(47(59)76)23-32-13-7-6-8-14-32/h6-10,13-16,25,29-31,36-41,46,60,85H,5,11-12,17-24,26-28,56-57H2,1-4H3,(H2,58,71)(H2,59,76)(H,61,78)(H,62,79)(H,63,72)(H,64,80)(H,65,81)(H,66,84)(H,67,82)(H,68,83)(H,69,77)(H,70,73)(H,74,75)/t29?,30-,31-,36-,37-,38-,39-,40-,41-,46-/m0/s1. The Morgan fingerprint density at radius 2 is 1.08 bits per heavy atom. The Morgan fingerprint density at radius 1 is 0.565 bits per heavy atom. The van der Waals surface area contributed by atoms with Crippen molar-refractivity contribution in [3.8, 4) is 0 Å². The summed E-state index contributed by atoms with van der Waals surface area (Å²) in [5.41, 5.74) is 24.4. The van der Waals surface area contributed by atoms with E-state index in [1.54, 1.807) is 56.4 Å². The van der Waals surface area contributed by atoms with Crippen LogP contribution in [0.2, 0.25) is 0 Å². The van der Waals surface area contributed by atoms with Crippen LogP contribution in [-0.2, 0) is 75.2 Å². The number of rotatable bonds is 38. The van der Waals surface area contributed by atoms with Gasteiger partial charge in [0.2, 0.25) is 70.9 Å². The number of carboxylic acids is 1. The number of hydrogen-bond donors (Lipinski definition) is 17. The molecule has 3 rings (SSSR count). The molecule has 0 radical (unpaired) electrons. The van der Waals surface area contributed by atoms with Crippen LogP contribution in [0.5, 0.6) is 0 Å². The number of unbranched alkanes of at least 4 members (excludes halogenated alkanes) is 1. The van der Waals surface area contributed by atoms with Crippen molar-refractivity contribution in [1.29, 1.82) is 0 Å². The highest BCUT2D eigenvalue weighted by molar-refractivity contribution is 7.80. The van der Waals surface area contributed by atoms with Gasteiger partial charge in [-0.25, -0.2) is 0 Å². The number of benzene rings is 2. The minimum atomic E-state index is -1.60. The Hall–Kier alpha value is -8.64. The Bertz CT molecular complexity index is 2820. The number of H-pyrrole nitrogens is 1. The van der Waals surface area contributed by atoms with Crippen LogP contribution in [0.3, 0.4) is 0 Å². The molecular weight excluding hydrogens is 1130 g/mol. The molecule has 466 valence electrons. The van der Waals surface area contributed by atoms with Crippen LogP contribution in [0.15, 0.2) is 60.8 Å². The molecule has 2 aromatic carbocycles. The molecule has 30 heteroatoms. The molecule has 10 atom stereocenters. The molecule has 0 aliphatic rings. The van der Waals surface area contributed by atoms with E-state index in [2.05, 4.69) is 70.8 Å². The van der Waals surface area contributed by atoms with Gasteiger partial charge in [0, 0.05) is 48.5 Å². The van der Waals surface area contributed by atoms with Gasteiger partial charge in [-0.15, -0.1) is 0 Å². The number of aromatic amines is 1. The molecule has 0 spiro atoms. The van der Waals surface area contributed by atoms with Crippen molar-refractivity contribution in [2.24, 2.45) is 28.9 Å². The van der Waals surface area contributed by atoms with E-state index in [1.165, 1.54) is 13.8 Å². The summed E-state index contributed by atoms with van der Waals surface area (Å²) < 4.78 is 0. The lowest BCUT2D eigenvalue weighted by molar-refractivity contribution is -0.138. The predicted octanol–water partition coefficient (Wildman–Crippen LogP) is -3.85. The van der Waals surface area contributed by atoms with Gasteiger partial charge in [0.05, 0.1) is 19.1 Å². The lowest BCUT2D eigenvalue weighted by Gasteiger charge is -2.28. The topological polar surface area (TPSA) is 482 Å². The van der Waals surface area contributed by atoms with E-state index in [0.29, 0.717) is 24.0 Å². The minimum Gasteiger partial charge on any atom is -0.481 e. The molecule has 0 aliphatic carbocycles. The average molecular weight is 1210 g/mol. The Morgan fingerprint density at radius 3 is 1.65 bits per heavy atom. The molecule has 0 bridgehead atoms. The monoisotopic (exact) mass is 1210 g/mol. The van der Waals surface area contributed by atoms with Crippen LogP contribution in [0.1, 0.15) is 90.2 Å². The number of aliphatic carboxylic acids is 1. The maximum absolute atomic E-state index is 14.1. The van der Waals surface area contributed by atoms with Crippen LogP contribution >= 0.6 is 12.6 Å². The fourth-order valence-electron chi connectivity index (χ4n) is 8.40. The van der Waals surface area contributed by atoms with Crippen LogP contribution in [0, 0.1) is 5.92 Å². The number of carbonyl (C=O) groups is 13. The number of thiol groups is 1. The summed E-state index contributed by atoms with van der Waals surface area (Å²) in [6, 6.07) is 3.92. The summed E-state index contributed by atoms with van der Waals surface area (Å²) >= 11 is 4.17. The SMILES string of the molecule is CCC(C)[C@H](NC(=O)CNC(=O)[C@H](C)NC(=O)CNC(=O)[C@H](Cc1c[nH]c2ccccc12)NC(=O)[C@H](CS)NC(=O)[C@H](C)N)C(=O)N[C@@H](CCCCN)C(=O)N[C@@H](CCC(N)=O)C(=O)N[C@@H](CCC(=O)O)C(=O)N[C@@H](Cc1ccccc1)C(N)=O. The molecule has 1 aromatic heterocycles. The Balaban J connectivity index is 1.69. The summed E-state index contributed by atoms with van der Waals surface area (Å²) in [7, 11) is 0. The molecule has 12 amide bonds. The van der Waals surface area contributed by atoms with Crippen molar-refractivity contribution in [3.05, 3.63) is 71.9 Å². The molecule has 3 aromatic rings. The molecular formula is C55H81N15O14S. The summed E-state index contributed by atoms with van der Waals surface area (Å²) in [6.45, 7) is 4.95. The Labute approximate surface area is 496 Å². The second-order valence-corrected chi connectivity index (χ2v) is 20.7. The van der Waals surface area contributed by atoms with Crippen molar-refractivity contribution in [2.75, 3.05) is 25.4 Å². The minimum absolute atomic E-state index is 0.0388. The van der Waals surface area contributed by atoms with Gasteiger partial charge in [-0.1, -0.05) is 68.8 Å². The normalized spacial score (nSPS) is 14.5. The molecule has 20 N–H and O–H groups in total. The first kappa shape index (κ1) is 70.6. The fraction of sp³-hybridized carbons (Fsp3) is 0.509. The molecule has 29 nitrogen and oxygen atoms in total. The molecule has 85 heavy (non-hydrogen) atoms. The highest BCUT2D eigenvalue weighted by Gasteiger charge is 2.35. The number of nitrogens with one attached hydrogen (secondary N) is 11. The highest BCUT2D eigenvalue weighted by Crippen LogP contribution is 2.20. The smallest absolute Gasteiger partial charge is 0.303 e. The largest absolute Gasteiger partial charge is 0.481 e. The second-order valence-electron chi connectivity index (χ2n) is 20.4. The highest BCUT2D eigenvalue weighted by atomic mass is 32.1. The zero-order valence-electron chi connectivity index (χ0n) is 48.0. The number of hydrogen-bond acceptors (Lipinski definition) is 16. The summed E-state index contributed by atoms with van der Waals surface area (Å²) in [4.78, 5) is 174. The zero-order chi connectivity index (χ0) is 63.3. The van der Waals surface area contributed by atoms with E-state index in [1.807, 2.05) is 18.2 Å². The third-order valence-corrected chi connectivity index (χ3v) is 13.9. The third-order valence-electron chi connectivity index (χ3n) is 13.5. The molecule has 0 fully saturated rings. The number of aromatic nitrogens is 1. The van der Waals surface area contributed by atoms with E-state index in [4.69, 9.17) is 22.9 Å². The lowest BCUT2D eigenvalue weighted by Crippen LogP contribution is -2.60. The zero-order valence-corrected chi connectivity index (χ0v) is 48.9. The van der Waals surface area contributed by atoms with Crippen molar-refractivity contribution >= 4 is 100 Å². The first-order chi connectivity index (χ1) is 40.3. The third kappa shape index (κ3) is 24.6.